The summed E-state index contributed by atoms with van der Waals surface area (Å²) in [7, 11) is 1.46. The maximum absolute atomic E-state index is 14.1. The average Bonchev–Trinajstić information content (AvgIpc) is 2.44. The number of benzene rings is 1. The predicted octanol–water partition coefficient (Wildman–Crippen LogP) is 2.02. The van der Waals surface area contributed by atoms with Crippen LogP contribution >= 0.6 is 11.6 Å². The molecule has 0 fully saturated rings. The highest BCUT2D eigenvalue weighted by Crippen LogP contribution is 2.30. The highest BCUT2D eigenvalue weighted by molar-refractivity contribution is 6.30. The number of hydrazine groups is 1. The molecule has 0 saturated carbocycles. The lowest BCUT2D eigenvalue weighted by molar-refractivity contribution is 0.410. The molecule has 1 atom stereocenters. The van der Waals surface area contributed by atoms with E-state index in [4.69, 9.17) is 27.9 Å². The van der Waals surface area contributed by atoms with Gasteiger partial charge in [-0.15, -0.1) is 0 Å². The van der Waals surface area contributed by atoms with Crippen molar-refractivity contribution in [1.82, 2.24) is 10.4 Å². The molecule has 1 unspecified atom stereocenters. The van der Waals surface area contributed by atoms with Gasteiger partial charge in [0.2, 0.25) is 0 Å². The van der Waals surface area contributed by atoms with Crippen LogP contribution in [-0.2, 0) is 0 Å². The van der Waals surface area contributed by atoms with E-state index < -0.39 is 11.9 Å². The molecule has 1 aromatic carbocycles. The Balaban J connectivity index is 2.49. The molecule has 5 N–H and O–H groups in total. The van der Waals surface area contributed by atoms with Gasteiger partial charge >= 0.3 is 0 Å². The van der Waals surface area contributed by atoms with Crippen LogP contribution in [0.1, 0.15) is 17.2 Å². The van der Waals surface area contributed by atoms with Crippen LogP contribution in [0.25, 0.3) is 0 Å². The van der Waals surface area contributed by atoms with Gasteiger partial charge in [-0.3, -0.25) is 5.84 Å². The Kier molecular flexibility index (Phi) is 4.39. The first kappa shape index (κ1) is 14.5. The zero-order chi connectivity index (χ0) is 14.7. The fourth-order valence-electron chi connectivity index (χ4n) is 1.91. The first-order valence-electron chi connectivity index (χ1n) is 5.77. The summed E-state index contributed by atoms with van der Waals surface area (Å²) in [6.07, 6.45) is 1.42. The van der Waals surface area contributed by atoms with Gasteiger partial charge < -0.3 is 10.5 Å². The van der Waals surface area contributed by atoms with Crippen molar-refractivity contribution < 1.29 is 9.13 Å². The second-order valence-electron chi connectivity index (χ2n) is 4.12. The Bertz CT molecular complexity index is 623. The van der Waals surface area contributed by atoms with E-state index in [-0.39, 0.29) is 5.82 Å². The zero-order valence-corrected chi connectivity index (χ0v) is 11.5. The number of hydrogen-bond acceptors (Lipinski definition) is 5. The Morgan fingerprint density at radius 2 is 2.10 bits per heavy atom. The van der Waals surface area contributed by atoms with Crippen LogP contribution in [0.5, 0.6) is 5.75 Å². The summed E-state index contributed by atoms with van der Waals surface area (Å²) < 4.78 is 19.1. The molecule has 0 amide bonds. The summed E-state index contributed by atoms with van der Waals surface area (Å²) in [6.45, 7) is 0. The number of nitrogens with two attached hydrogens (primary N) is 2. The highest BCUT2D eigenvalue weighted by Gasteiger charge is 2.20. The van der Waals surface area contributed by atoms with E-state index >= 15 is 0 Å². The number of nitrogens with zero attached hydrogens (tertiary/aromatic N) is 1. The van der Waals surface area contributed by atoms with Crippen molar-refractivity contribution >= 4 is 17.4 Å². The molecule has 5 nitrogen and oxygen atoms in total. The number of anilines is 1. The second kappa shape index (κ2) is 6.04. The fourth-order valence-corrected chi connectivity index (χ4v) is 2.08. The summed E-state index contributed by atoms with van der Waals surface area (Å²) in [5, 5.41) is 0.392. The lowest BCUT2D eigenvalue weighted by Gasteiger charge is -2.19. The summed E-state index contributed by atoms with van der Waals surface area (Å²) in [5.74, 6) is 5.70. The molecule has 7 heteroatoms. The number of aromatic nitrogens is 1. The molecule has 2 rings (SSSR count). The summed E-state index contributed by atoms with van der Waals surface area (Å²) in [6, 6.07) is 5.41. The normalized spacial score (nSPS) is 12.2. The van der Waals surface area contributed by atoms with Crippen molar-refractivity contribution in [2.75, 3.05) is 12.8 Å². The number of rotatable bonds is 4. The van der Waals surface area contributed by atoms with Gasteiger partial charge in [-0.05, 0) is 12.1 Å². The third kappa shape index (κ3) is 2.82. The van der Waals surface area contributed by atoms with Gasteiger partial charge in [0.1, 0.15) is 17.4 Å². The van der Waals surface area contributed by atoms with Crippen molar-refractivity contribution in [3.8, 4) is 5.75 Å². The smallest absolute Gasteiger partial charge is 0.132 e. The fraction of sp³-hybridized carbons (Fsp3) is 0.154. The third-order valence-corrected chi connectivity index (χ3v) is 3.12. The van der Waals surface area contributed by atoms with Crippen molar-refractivity contribution in [3.63, 3.8) is 0 Å². The summed E-state index contributed by atoms with van der Waals surface area (Å²) in [5.41, 5.74) is 9.15. The first-order valence-corrected chi connectivity index (χ1v) is 6.15. The maximum Gasteiger partial charge on any atom is 0.132 e. The Hall–Kier alpha value is -1.89. The molecular weight excluding hydrogens is 283 g/mol. The molecule has 106 valence electrons. The number of ether oxygens (including phenoxy) is 1. The summed E-state index contributed by atoms with van der Waals surface area (Å²) >= 11 is 5.89. The second-order valence-corrected chi connectivity index (χ2v) is 4.55. The number of halogens is 2. The van der Waals surface area contributed by atoms with Gasteiger partial charge in [0.15, 0.2) is 0 Å². The van der Waals surface area contributed by atoms with Crippen molar-refractivity contribution in [2.45, 2.75) is 6.04 Å². The molecule has 0 bridgehead atoms. The van der Waals surface area contributed by atoms with Crippen LogP contribution < -0.4 is 21.7 Å². The number of hydrogen-bond donors (Lipinski definition) is 3. The largest absolute Gasteiger partial charge is 0.497 e. The number of nitrogens with one attached hydrogen (secondary N) is 1. The summed E-state index contributed by atoms with van der Waals surface area (Å²) in [4.78, 5) is 3.94. The molecule has 1 aromatic heterocycles. The standard InChI is InChI=1S/C13H14ClFN4O/c1-20-8-2-3-9(11(15)5-8)12(19-17)10-4-7(14)6-18-13(10)16/h2-6,12,19H,17H2,1H3,(H2,16,18). The van der Waals surface area contributed by atoms with E-state index in [1.165, 1.54) is 19.4 Å². The minimum absolute atomic E-state index is 0.229. The average molecular weight is 297 g/mol. The molecule has 1 heterocycles. The number of methoxy groups -OCH3 is 1. The van der Waals surface area contributed by atoms with Crippen molar-refractivity contribution in [1.29, 1.82) is 0 Å². The topological polar surface area (TPSA) is 86.2 Å². The number of pyridine rings is 1. The van der Waals surface area contributed by atoms with Crippen molar-refractivity contribution in [3.05, 3.63) is 52.4 Å². The van der Waals surface area contributed by atoms with E-state index in [0.29, 0.717) is 21.9 Å². The molecule has 0 saturated heterocycles. The molecule has 2 aromatic rings. The maximum atomic E-state index is 14.1. The predicted molar refractivity (Wildman–Crippen MR) is 75.8 cm³/mol. The van der Waals surface area contributed by atoms with Crippen LogP contribution in [0.2, 0.25) is 5.02 Å². The van der Waals surface area contributed by atoms with Gasteiger partial charge in [-0.25, -0.2) is 14.8 Å². The lowest BCUT2D eigenvalue weighted by Crippen LogP contribution is -2.30. The zero-order valence-electron chi connectivity index (χ0n) is 10.7. The molecule has 0 radical (unpaired) electrons. The van der Waals surface area contributed by atoms with Crippen LogP contribution in [0.4, 0.5) is 10.2 Å². The van der Waals surface area contributed by atoms with Crippen molar-refractivity contribution in [2.24, 2.45) is 5.84 Å². The van der Waals surface area contributed by atoms with E-state index in [0.717, 1.165) is 0 Å². The van der Waals surface area contributed by atoms with Gasteiger partial charge in [0.25, 0.3) is 0 Å². The van der Waals surface area contributed by atoms with Crippen LogP contribution in [0.15, 0.2) is 30.5 Å². The van der Waals surface area contributed by atoms with Gasteiger partial charge in [-0.2, -0.15) is 0 Å². The van der Waals surface area contributed by atoms with E-state index in [1.807, 2.05) is 0 Å². The highest BCUT2D eigenvalue weighted by atomic mass is 35.5. The Morgan fingerprint density at radius 1 is 1.35 bits per heavy atom. The van der Waals surface area contributed by atoms with Crippen LogP contribution in [0.3, 0.4) is 0 Å². The molecule has 0 spiro atoms. The van der Waals surface area contributed by atoms with Gasteiger partial charge in [-0.1, -0.05) is 17.7 Å². The first-order chi connectivity index (χ1) is 9.56. The lowest BCUT2D eigenvalue weighted by atomic mass is 9.99. The SMILES string of the molecule is COc1ccc(C(NN)c2cc(Cl)cnc2N)c(F)c1. The van der Waals surface area contributed by atoms with Crippen LogP contribution in [0, 0.1) is 5.82 Å². The third-order valence-electron chi connectivity index (χ3n) is 2.91. The molecule has 0 aliphatic carbocycles. The minimum Gasteiger partial charge on any atom is -0.497 e. The minimum atomic E-state index is -0.660. The van der Waals surface area contributed by atoms with Gasteiger partial charge in [0, 0.05) is 23.4 Å². The van der Waals surface area contributed by atoms with E-state index in [1.54, 1.807) is 18.2 Å². The number of nitrogen functional groups attached to an aromatic ring is 1. The molecule has 0 aliphatic rings. The van der Waals surface area contributed by atoms with Crippen LogP contribution in [-0.4, -0.2) is 12.1 Å². The molecule has 20 heavy (non-hydrogen) atoms. The van der Waals surface area contributed by atoms with Gasteiger partial charge in [0.05, 0.1) is 18.2 Å². The Labute approximate surface area is 120 Å². The Morgan fingerprint density at radius 3 is 2.70 bits per heavy atom. The molecule has 0 aliphatic heterocycles. The quantitative estimate of drug-likeness (QED) is 0.593. The monoisotopic (exact) mass is 296 g/mol. The van der Waals surface area contributed by atoms with E-state index in [9.17, 15) is 4.39 Å². The van der Waals surface area contributed by atoms with E-state index in [2.05, 4.69) is 10.4 Å². The molecular formula is C13H14ClFN4O.